The topological polar surface area (TPSA) is 80.2 Å². The fourth-order valence-electron chi connectivity index (χ4n) is 10.6. The Morgan fingerprint density at radius 1 is 0.437 bits per heavy atom. The molecule has 9 heteroatoms. The predicted molar refractivity (Wildman–Crippen MR) is 283 cm³/mol. The van der Waals surface area contributed by atoms with Gasteiger partial charge in [-0.05, 0) is 101 Å². The Bertz CT molecular complexity index is 3760. The number of hydrogen-bond donors (Lipinski definition) is 0. The zero-order valence-electron chi connectivity index (χ0n) is 38.0. The summed E-state index contributed by atoms with van der Waals surface area (Å²) < 4.78 is 7.18. The van der Waals surface area contributed by atoms with Crippen molar-refractivity contribution in [3.05, 3.63) is 259 Å². The number of anilines is 6. The summed E-state index contributed by atoms with van der Waals surface area (Å²) in [5, 5.41) is 0. The molecular weight excluding hydrogens is 891 g/mol. The second-order valence-corrected chi connectivity index (χ2v) is 18.7. The molecule has 0 N–H and O–H groups in total. The number of nitrogens with zero attached hydrogens (tertiary/aromatic N) is 7. The molecule has 3 aliphatic rings. The van der Waals surface area contributed by atoms with Crippen molar-refractivity contribution in [2.24, 2.45) is 0 Å². The van der Waals surface area contributed by atoms with Crippen LogP contribution in [0.25, 0.3) is 45.7 Å². The van der Waals surface area contributed by atoms with Crippen molar-refractivity contribution >= 4 is 45.9 Å². The van der Waals surface area contributed by atoms with Crippen LogP contribution < -0.4 is 14.5 Å². The maximum Gasteiger partial charge on any atom is 0.182 e. The van der Waals surface area contributed by atoms with E-state index >= 15 is 0 Å². The first-order chi connectivity index (χ1) is 35.2. The van der Waals surface area contributed by atoms with Crippen LogP contribution in [0.2, 0.25) is 0 Å². The van der Waals surface area contributed by atoms with E-state index in [1.165, 1.54) is 5.56 Å². The van der Waals surface area contributed by atoms with Gasteiger partial charge in [-0.2, -0.15) is 0 Å². The molecule has 1 unspecified atom stereocenters. The van der Waals surface area contributed by atoms with Crippen molar-refractivity contribution in [2.75, 3.05) is 9.80 Å². The van der Waals surface area contributed by atoms with E-state index in [4.69, 9.17) is 29.7 Å². The standard InChI is InChI=1S/C62H39N7OS/c1-5-19-40(20-6-1)59-65-60(41-21-7-2-8-22-41)67-61(66-59)50-36-34-48-56(64-50)55-47(30-18-38-63-55)62(48)46-29-13-16-33-54(46)71-58-49(62)35-37-52-57(58)70-53-32-15-14-31-51(53)69(52)45-28-17-27-44(39-45)68(42-23-9-3-10-24-42)43-25-11-4-12-26-43/h1-39H. The molecule has 3 aromatic heterocycles. The highest BCUT2D eigenvalue weighted by Gasteiger charge is 2.53. The minimum absolute atomic E-state index is 0.486. The van der Waals surface area contributed by atoms with Crippen LogP contribution in [0.4, 0.5) is 34.1 Å². The molecule has 334 valence electrons. The first-order valence-electron chi connectivity index (χ1n) is 23.6. The molecule has 0 amide bonds. The normalized spacial score (nSPS) is 14.6. The van der Waals surface area contributed by atoms with E-state index in [0.717, 1.165) is 94.6 Å². The SMILES string of the molecule is c1ccc(-c2nc(-c3ccccc3)nc(-c3ccc4c(n3)-c3ncccc3C43c4ccccc4Sc4c3ccc3c4Oc4ccccc4N3c3cccc(N(c4ccccc4)c4ccccc4)c3)n2)cc1. The summed E-state index contributed by atoms with van der Waals surface area (Å²) in [7, 11) is 0. The molecule has 1 atom stereocenters. The molecule has 14 rings (SSSR count). The lowest BCUT2D eigenvalue weighted by Crippen LogP contribution is -2.32. The van der Waals surface area contributed by atoms with Gasteiger partial charge in [-0.15, -0.1) is 0 Å². The van der Waals surface area contributed by atoms with Crippen LogP contribution in [0.3, 0.4) is 0 Å². The Hall–Kier alpha value is -9.18. The van der Waals surface area contributed by atoms with Crippen LogP contribution in [-0.2, 0) is 5.41 Å². The van der Waals surface area contributed by atoms with E-state index in [9.17, 15) is 0 Å². The fourth-order valence-corrected chi connectivity index (χ4v) is 11.8. The average molecular weight is 930 g/mol. The van der Waals surface area contributed by atoms with Gasteiger partial charge in [0.1, 0.15) is 5.69 Å². The van der Waals surface area contributed by atoms with Gasteiger partial charge in [0.15, 0.2) is 29.0 Å². The summed E-state index contributed by atoms with van der Waals surface area (Å²) in [5.74, 6) is 3.22. The molecule has 8 nitrogen and oxygen atoms in total. The first kappa shape index (κ1) is 40.8. The van der Waals surface area contributed by atoms with Crippen LogP contribution in [-0.4, -0.2) is 24.9 Å². The molecule has 0 bridgehead atoms. The number of aromatic nitrogens is 5. The number of benzene rings is 8. The minimum atomic E-state index is -0.781. The van der Waals surface area contributed by atoms with Gasteiger partial charge in [-0.1, -0.05) is 163 Å². The molecule has 71 heavy (non-hydrogen) atoms. The molecule has 1 aliphatic carbocycles. The zero-order valence-corrected chi connectivity index (χ0v) is 38.8. The summed E-state index contributed by atoms with van der Waals surface area (Å²) in [6.07, 6.45) is 1.86. The Labute approximate surface area is 414 Å². The highest BCUT2D eigenvalue weighted by molar-refractivity contribution is 7.99. The number of hydrogen-bond acceptors (Lipinski definition) is 9. The van der Waals surface area contributed by atoms with Crippen LogP contribution >= 0.6 is 11.8 Å². The van der Waals surface area contributed by atoms with Crippen molar-refractivity contribution in [1.29, 1.82) is 0 Å². The average Bonchev–Trinajstić information content (AvgIpc) is 3.74. The van der Waals surface area contributed by atoms with Gasteiger partial charge >= 0.3 is 0 Å². The van der Waals surface area contributed by atoms with Crippen LogP contribution in [0.15, 0.2) is 247 Å². The second-order valence-electron chi connectivity index (χ2n) is 17.6. The Morgan fingerprint density at radius 2 is 1.03 bits per heavy atom. The van der Waals surface area contributed by atoms with Crippen molar-refractivity contribution in [3.63, 3.8) is 0 Å². The quantitative estimate of drug-likeness (QED) is 0.155. The van der Waals surface area contributed by atoms with E-state index in [1.807, 2.05) is 79.0 Å². The van der Waals surface area contributed by atoms with E-state index in [0.29, 0.717) is 23.2 Å². The van der Waals surface area contributed by atoms with Gasteiger partial charge in [-0.25, -0.2) is 19.9 Å². The molecular formula is C62H39N7OS. The predicted octanol–water partition coefficient (Wildman–Crippen LogP) is 15.5. The summed E-state index contributed by atoms with van der Waals surface area (Å²) in [6, 6.07) is 80.0. The highest BCUT2D eigenvalue weighted by Crippen LogP contribution is 2.65. The fraction of sp³-hybridized carbons (Fsp3) is 0.0161. The lowest BCUT2D eigenvalue weighted by molar-refractivity contribution is 0.461. The highest BCUT2D eigenvalue weighted by atomic mass is 32.2. The third kappa shape index (κ3) is 6.51. The number of pyridine rings is 2. The van der Waals surface area contributed by atoms with E-state index in [1.54, 1.807) is 11.8 Å². The molecule has 8 aromatic carbocycles. The number of rotatable bonds is 7. The summed E-state index contributed by atoms with van der Waals surface area (Å²) in [4.78, 5) is 32.5. The van der Waals surface area contributed by atoms with E-state index < -0.39 is 5.41 Å². The summed E-state index contributed by atoms with van der Waals surface area (Å²) in [6.45, 7) is 0. The molecule has 0 fully saturated rings. The lowest BCUT2D eigenvalue weighted by Gasteiger charge is -2.42. The van der Waals surface area contributed by atoms with Gasteiger partial charge in [0.25, 0.3) is 0 Å². The van der Waals surface area contributed by atoms with Crippen molar-refractivity contribution in [3.8, 4) is 57.2 Å². The molecule has 5 heterocycles. The van der Waals surface area contributed by atoms with E-state index in [-0.39, 0.29) is 0 Å². The monoisotopic (exact) mass is 929 g/mol. The van der Waals surface area contributed by atoms with Crippen LogP contribution in [0.5, 0.6) is 11.5 Å². The molecule has 1 spiro atoms. The number of fused-ring (bicyclic) bond motifs is 12. The number of ether oxygens (including phenoxy) is 1. The summed E-state index contributed by atoms with van der Waals surface area (Å²) >= 11 is 1.75. The van der Waals surface area contributed by atoms with Crippen LogP contribution in [0.1, 0.15) is 22.3 Å². The Balaban J connectivity index is 0.956. The second kappa shape index (κ2) is 16.5. The van der Waals surface area contributed by atoms with Gasteiger partial charge in [0, 0.05) is 45.0 Å². The maximum atomic E-state index is 7.18. The zero-order chi connectivity index (χ0) is 46.9. The third-order valence-corrected chi connectivity index (χ3v) is 14.8. The maximum absolute atomic E-state index is 7.18. The van der Waals surface area contributed by atoms with Crippen molar-refractivity contribution in [1.82, 2.24) is 24.9 Å². The smallest absolute Gasteiger partial charge is 0.182 e. The van der Waals surface area contributed by atoms with Gasteiger partial charge < -0.3 is 14.5 Å². The molecule has 0 saturated carbocycles. The molecule has 2 aliphatic heterocycles. The Kier molecular flexibility index (Phi) is 9.50. The van der Waals surface area contributed by atoms with Gasteiger partial charge in [0.2, 0.25) is 0 Å². The molecule has 0 saturated heterocycles. The molecule has 11 aromatic rings. The molecule has 0 radical (unpaired) electrons. The summed E-state index contributed by atoms with van der Waals surface area (Å²) in [5.41, 5.74) is 13.7. The van der Waals surface area contributed by atoms with Crippen molar-refractivity contribution in [2.45, 2.75) is 15.2 Å². The van der Waals surface area contributed by atoms with Gasteiger partial charge in [0.05, 0.1) is 33.1 Å². The lowest BCUT2D eigenvalue weighted by atomic mass is 9.67. The number of para-hydroxylation sites is 4. The largest absolute Gasteiger partial charge is 0.452 e. The Morgan fingerprint density at radius 3 is 1.76 bits per heavy atom. The first-order valence-corrected chi connectivity index (χ1v) is 24.4. The minimum Gasteiger partial charge on any atom is -0.452 e. The van der Waals surface area contributed by atoms with Crippen LogP contribution in [0, 0.1) is 0 Å². The van der Waals surface area contributed by atoms with E-state index in [2.05, 4.69) is 168 Å². The third-order valence-electron chi connectivity index (χ3n) is 13.6. The van der Waals surface area contributed by atoms with Gasteiger partial charge in [-0.3, -0.25) is 4.98 Å². The van der Waals surface area contributed by atoms with Crippen molar-refractivity contribution < 1.29 is 4.74 Å².